The van der Waals surface area contributed by atoms with Gasteiger partial charge in [-0.2, -0.15) is 0 Å². The third kappa shape index (κ3) is 2.91. The van der Waals surface area contributed by atoms with E-state index in [-0.39, 0.29) is 13.2 Å². The van der Waals surface area contributed by atoms with Gasteiger partial charge in [0.25, 0.3) is 0 Å². The van der Waals surface area contributed by atoms with Gasteiger partial charge >= 0.3 is 12.1 Å². The zero-order valence-electron chi connectivity index (χ0n) is 16.0. The van der Waals surface area contributed by atoms with Crippen LogP contribution in [-0.4, -0.2) is 41.8 Å². The first kappa shape index (κ1) is 18.1. The number of fused-ring (bicyclic) bond motifs is 3. The highest BCUT2D eigenvalue weighted by molar-refractivity contribution is 6.10. The summed E-state index contributed by atoms with van der Waals surface area (Å²) in [5, 5.41) is 13.5. The zero-order valence-corrected chi connectivity index (χ0v) is 16.0. The highest BCUT2D eigenvalue weighted by Gasteiger charge is 2.38. The van der Waals surface area contributed by atoms with E-state index in [1.54, 1.807) is 7.11 Å². The number of hydrogen-bond donors (Lipinski definition) is 1. The molecule has 144 valence electrons. The molecule has 3 aromatic rings. The van der Waals surface area contributed by atoms with E-state index in [0.717, 1.165) is 44.0 Å². The second-order valence-electron chi connectivity index (χ2n) is 7.19. The van der Waals surface area contributed by atoms with Gasteiger partial charge < -0.3 is 14.6 Å². The molecule has 0 bridgehead atoms. The number of aliphatic carboxylic acids is 1. The van der Waals surface area contributed by atoms with Crippen LogP contribution in [0.3, 0.4) is 0 Å². The zero-order chi connectivity index (χ0) is 20.0. The number of methoxy groups -OCH3 is 1. The number of aryl methyl sites for hydroxylation is 2. The van der Waals surface area contributed by atoms with Crippen LogP contribution in [0.2, 0.25) is 0 Å². The van der Waals surface area contributed by atoms with Crippen LogP contribution in [0.15, 0.2) is 36.4 Å². The van der Waals surface area contributed by atoms with Crippen LogP contribution in [0.1, 0.15) is 16.7 Å². The number of amides is 1. The van der Waals surface area contributed by atoms with Gasteiger partial charge in [-0.05, 0) is 64.7 Å². The minimum atomic E-state index is -1.07. The molecule has 4 rings (SSSR count). The number of carboxylic acids is 1. The van der Waals surface area contributed by atoms with Crippen molar-refractivity contribution >= 4 is 33.6 Å². The number of rotatable bonds is 4. The van der Waals surface area contributed by atoms with Crippen molar-refractivity contribution in [3.05, 3.63) is 53.1 Å². The SMILES string of the molecule is COc1cc2cc(CN3C(=O)OC[C@@H]3C(=O)O)c3ccc(C)cc3c2cc1C. The van der Waals surface area contributed by atoms with Crippen molar-refractivity contribution in [2.45, 2.75) is 26.4 Å². The normalized spacial score (nSPS) is 16.6. The molecule has 0 spiro atoms. The Morgan fingerprint density at radius 2 is 1.96 bits per heavy atom. The molecule has 1 atom stereocenters. The smallest absolute Gasteiger partial charge is 0.411 e. The van der Waals surface area contributed by atoms with Crippen molar-refractivity contribution in [1.82, 2.24) is 4.90 Å². The topological polar surface area (TPSA) is 76.1 Å². The summed E-state index contributed by atoms with van der Waals surface area (Å²) in [7, 11) is 1.64. The van der Waals surface area contributed by atoms with E-state index in [2.05, 4.69) is 12.1 Å². The monoisotopic (exact) mass is 379 g/mol. The second kappa shape index (κ2) is 6.71. The number of nitrogens with zero attached hydrogens (tertiary/aromatic N) is 1. The Hall–Kier alpha value is -3.28. The highest BCUT2D eigenvalue weighted by Crippen LogP contribution is 2.35. The maximum absolute atomic E-state index is 12.1. The first-order valence-electron chi connectivity index (χ1n) is 9.06. The van der Waals surface area contributed by atoms with Gasteiger partial charge in [-0.25, -0.2) is 9.59 Å². The molecule has 6 heteroatoms. The fourth-order valence-electron chi connectivity index (χ4n) is 3.85. The third-order valence-corrected chi connectivity index (χ3v) is 5.31. The Morgan fingerprint density at radius 3 is 2.68 bits per heavy atom. The lowest BCUT2D eigenvalue weighted by Crippen LogP contribution is -2.38. The number of hydrogen-bond acceptors (Lipinski definition) is 4. The summed E-state index contributed by atoms with van der Waals surface area (Å²) < 4.78 is 10.4. The third-order valence-electron chi connectivity index (χ3n) is 5.31. The van der Waals surface area contributed by atoms with Gasteiger partial charge in [-0.15, -0.1) is 0 Å². The van der Waals surface area contributed by atoms with Gasteiger partial charge in [0.05, 0.1) is 13.7 Å². The molecule has 0 aliphatic carbocycles. The number of carbonyl (C=O) groups is 2. The quantitative estimate of drug-likeness (QED) is 0.693. The molecule has 3 aromatic carbocycles. The van der Waals surface area contributed by atoms with E-state index >= 15 is 0 Å². The summed E-state index contributed by atoms with van der Waals surface area (Å²) in [5.74, 6) is -0.279. The fourth-order valence-corrected chi connectivity index (χ4v) is 3.85. The predicted octanol–water partition coefficient (Wildman–Crippen LogP) is 4.02. The maximum atomic E-state index is 12.1. The molecule has 1 aliphatic heterocycles. The molecule has 1 saturated heterocycles. The summed E-state index contributed by atoms with van der Waals surface area (Å²) in [6, 6.07) is 11.3. The minimum Gasteiger partial charge on any atom is -0.496 e. The molecule has 1 amide bonds. The number of ether oxygens (including phenoxy) is 2. The average molecular weight is 379 g/mol. The number of carbonyl (C=O) groups excluding carboxylic acids is 1. The number of cyclic esters (lactones) is 1. The van der Waals surface area contributed by atoms with Crippen molar-refractivity contribution < 1.29 is 24.2 Å². The largest absolute Gasteiger partial charge is 0.496 e. The van der Waals surface area contributed by atoms with Crippen LogP contribution < -0.4 is 4.74 Å². The molecular formula is C22H21NO5. The minimum absolute atomic E-state index is 0.133. The Morgan fingerprint density at radius 1 is 1.18 bits per heavy atom. The van der Waals surface area contributed by atoms with Crippen LogP contribution in [0, 0.1) is 13.8 Å². The molecule has 1 fully saturated rings. The van der Waals surface area contributed by atoms with Gasteiger partial charge in [0.15, 0.2) is 6.04 Å². The number of carboxylic acid groups (broad SMARTS) is 1. The standard InChI is InChI=1S/C22H21NO5/c1-12-4-5-16-15(10-23-19(21(24)25)11-28-22(23)26)8-14-9-20(27-3)13(2)7-17(14)18(16)6-12/h4-9,19H,10-11H2,1-3H3,(H,24,25)/t19-/m1/s1. The van der Waals surface area contributed by atoms with Gasteiger partial charge in [-0.3, -0.25) is 4.90 Å². The Bertz CT molecular complexity index is 1120. The summed E-state index contributed by atoms with van der Waals surface area (Å²) in [6.07, 6.45) is -0.603. The lowest BCUT2D eigenvalue weighted by Gasteiger charge is -2.20. The molecule has 1 N–H and O–H groups in total. The van der Waals surface area contributed by atoms with Crippen LogP contribution in [0.4, 0.5) is 4.79 Å². The van der Waals surface area contributed by atoms with Crippen molar-refractivity contribution in [1.29, 1.82) is 0 Å². The summed E-state index contributed by atoms with van der Waals surface area (Å²) >= 11 is 0. The fraction of sp³-hybridized carbons (Fsp3) is 0.273. The van der Waals surface area contributed by atoms with Crippen molar-refractivity contribution in [2.75, 3.05) is 13.7 Å². The first-order valence-corrected chi connectivity index (χ1v) is 9.06. The summed E-state index contributed by atoms with van der Waals surface area (Å²) in [6.45, 7) is 4.07. The lowest BCUT2D eigenvalue weighted by atomic mass is 9.94. The van der Waals surface area contributed by atoms with Gasteiger partial charge in [-0.1, -0.05) is 23.8 Å². The molecule has 28 heavy (non-hydrogen) atoms. The van der Waals surface area contributed by atoms with Crippen LogP contribution in [0.25, 0.3) is 21.5 Å². The van der Waals surface area contributed by atoms with E-state index in [0.29, 0.717) is 0 Å². The van der Waals surface area contributed by atoms with E-state index in [9.17, 15) is 14.7 Å². The number of benzene rings is 3. The summed E-state index contributed by atoms with van der Waals surface area (Å²) in [5.41, 5.74) is 3.04. The molecule has 0 aromatic heterocycles. The Labute approximate surface area is 162 Å². The van der Waals surface area contributed by atoms with Crippen LogP contribution >= 0.6 is 0 Å². The Kier molecular flexibility index (Phi) is 4.34. The molecule has 0 radical (unpaired) electrons. The lowest BCUT2D eigenvalue weighted by molar-refractivity contribution is -0.141. The summed E-state index contributed by atoms with van der Waals surface area (Å²) in [4.78, 5) is 24.9. The first-order chi connectivity index (χ1) is 13.4. The highest BCUT2D eigenvalue weighted by atomic mass is 16.6. The van der Waals surface area contributed by atoms with Gasteiger partial charge in [0.2, 0.25) is 0 Å². The molecule has 1 heterocycles. The van der Waals surface area contributed by atoms with E-state index in [1.165, 1.54) is 4.90 Å². The average Bonchev–Trinajstić information content (AvgIpc) is 3.02. The van der Waals surface area contributed by atoms with Gasteiger partial charge in [0, 0.05) is 0 Å². The van der Waals surface area contributed by atoms with Crippen LogP contribution in [0.5, 0.6) is 5.75 Å². The molecule has 1 aliphatic rings. The molecule has 0 saturated carbocycles. The molecular weight excluding hydrogens is 358 g/mol. The van der Waals surface area contributed by atoms with Crippen molar-refractivity contribution in [2.24, 2.45) is 0 Å². The van der Waals surface area contributed by atoms with Crippen LogP contribution in [-0.2, 0) is 16.1 Å². The van der Waals surface area contributed by atoms with E-state index < -0.39 is 18.1 Å². The second-order valence-corrected chi connectivity index (χ2v) is 7.19. The maximum Gasteiger partial charge on any atom is 0.411 e. The predicted molar refractivity (Wildman–Crippen MR) is 106 cm³/mol. The van der Waals surface area contributed by atoms with Gasteiger partial charge in [0.1, 0.15) is 12.4 Å². The Balaban J connectivity index is 1.93. The molecule has 0 unspecified atom stereocenters. The van der Waals surface area contributed by atoms with E-state index in [4.69, 9.17) is 9.47 Å². The van der Waals surface area contributed by atoms with E-state index in [1.807, 2.05) is 38.1 Å². The van der Waals surface area contributed by atoms with Crippen molar-refractivity contribution in [3.8, 4) is 5.75 Å². The van der Waals surface area contributed by atoms with Crippen molar-refractivity contribution in [3.63, 3.8) is 0 Å². The molecule has 6 nitrogen and oxygen atoms in total.